The first-order valence-electron chi connectivity index (χ1n) is 7.08. The number of carbonyl (C=O) groups is 2. The third-order valence-corrected chi connectivity index (χ3v) is 3.96. The summed E-state index contributed by atoms with van der Waals surface area (Å²) in [5.41, 5.74) is 5.57. The first-order valence-corrected chi connectivity index (χ1v) is 7.08. The Morgan fingerprint density at radius 3 is 2.91 bits per heavy atom. The molecular weight excluding hydrogens is 282 g/mol. The minimum Gasteiger partial charge on any atom is -0.367 e. The molecule has 0 bridgehead atoms. The number of carbonyl (C=O) groups excluding carboxylic acids is 2. The Labute approximate surface area is 127 Å². The molecule has 2 amide bonds. The lowest BCUT2D eigenvalue weighted by molar-refractivity contribution is -0.150. The van der Waals surface area contributed by atoms with Crippen LogP contribution in [0.15, 0.2) is 36.5 Å². The van der Waals surface area contributed by atoms with E-state index in [1.54, 1.807) is 36.2 Å². The van der Waals surface area contributed by atoms with Crippen LogP contribution < -0.4 is 5.73 Å². The topological polar surface area (TPSA) is 85.5 Å². The molecule has 1 saturated heterocycles. The van der Waals surface area contributed by atoms with Crippen LogP contribution in [0.2, 0.25) is 0 Å². The van der Waals surface area contributed by atoms with Crippen molar-refractivity contribution in [1.82, 2.24) is 9.88 Å². The number of hydrogen-bond acceptors (Lipinski definition) is 4. The Morgan fingerprint density at radius 2 is 2.14 bits per heavy atom. The van der Waals surface area contributed by atoms with E-state index in [1.165, 1.54) is 0 Å². The summed E-state index contributed by atoms with van der Waals surface area (Å²) in [5, 5.41) is 0.794. The summed E-state index contributed by atoms with van der Waals surface area (Å²) < 4.78 is 5.45. The number of benzene rings is 1. The van der Waals surface area contributed by atoms with E-state index in [9.17, 15) is 9.59 Å². The van der Waals surface area contributed by atoms with Crippen molar-refractivity contribution in [2.45, 2.75) is 12.5 Å². The van der Waals surface area contributed by atoms with Crippen LogP contribution in [-0.4, -0.2) is 47.0 Å². The van der Waals surface area contributed by atoms with Gasteiger partial charge in [0.2, 0.25) is 0 Å². The van der Waals surface area contributed by atoms with Gasteiger partial charge in [0.15, 0.2) is 5.60 Å². The highest BCUT2D eigenvalue weighted by atomic mass is 16.5. The van der Waals surface area contributed by atoms with Gasteiger partial charge in [0.25, 0.3) is 11.8 Å². The zero-order chi connectivity index (χ0) is 15.7. The van der Waals surface area contributed by atoms with Gasteiger partial charge < -0.3 is 15.4 Å². The van der Waals surface area contributed by atoms with Crippen molar-refractivity contribution in [2.24, 2.45) is 5.73 Å². The smallest absolute Gasteiger partial charge is 0.254 e. The molecule has 1 aliphatic rings. The van der Waals surface area contributed by atoms with Gasteiger partial charge in [0.05, 0.1) is 18.7 Å². The molecular formula is C16H17N3O3. The van der Waals surface area contributed by atoms with Gasteiger partial charge in [-0.2, -0.15) is 0 Å². The van der Waals surface area contributed by atoms with Crippen LogP contribution in [0.1, 0.15) is 17.3 Å². The predicted octanol–water partition coefficient (Wildman–Crippen LogP) is 0.951. The van der Waals surface area contributed by atoms with Crippen molar-refractivity contribution >= 4 is 22.7 Å². The van der Waals surface area contributed by atoms with Crippen molar-refractivity contribution in [3.8, 4) is 0 Å². The van der Waals surface area contributed by atoms with Gasteiger partial charge in [0, 0.05) is 23.7 Å². The molecule has 2 aromatic rings. The van der Waals surface area contributed by atoms with E-state index < -0.39 is 11.5 Å². The number of ether oxygens (including phenoxy) is 1. The Bertz CT molecular complexity index is 741. The Morgan fingerprint density at radius 1 is 1.32 bits per heavy atom. The van der Waals surface area contributed by atoms with Gasteiger partial charge >= 0.3 is 0 Å². The highest BCUT2D eigenvalue weighted by molar-refractivity contribution is 6.06. The van der Waals surface area contributed by atoms with Gasteiger partial charge in [-0.1, -0.05) is 12.1 Å². The lowest BCUT2D eigenvalue weighted by atomic mass is 10.0. The average molecular weight is 299 g/mol. The van der Waals surface area contributed by atoms with Crippen LogP contribution >= 0.6 is 0 Å². The molecule has 1 aromatic heterocycles. The molecule has 6 nitrogen and oxygen atoms in total. The molecule has 6 heteroatoms. The normalized spacial score (nSPS) is 21.8. The standard InChI is InChI=1S/C16H17N3O3/c1-16(15(17)21)10-19(8-9-22-16)14(20)12-4-2-6-13-11(12)5-3-7-18-13/h2-7H,8-10H2,1H3,(H2,17,21). The maximum atomic E-state index is 12.8. The highest BCUT2D eigenvalue weighted by Gasteiger charge is 2.39. The summed E-state index contributed by atoms with van der Waals surface area (Å²) in [7, 11) is 0. The lowest BCUT2D eigenvalue weighted by Crippen LogP contribution is -2.58. The monoisotopic (exact) mass is 299 g/mol. The summed E-state index contributed by atoms with van der Waals surface area (Å²) in [6, 6.07) is 9.09. The molecule has 2 heterocycles. The number of amides is 2. The van der Waals surface area contributed by atoms with Crippen LogP contribution in [0.5, 0.6) is 0 Å². The molecule has 1 unspecified atom stereocenters. The van der Waals surface area contributed by atoms with E-state index in [1.807, 2.05) is 12.1 Å². The summed E-state index contributed by atoms with van der Waals surface area (Å²) in [6.07, 6.45) is 1.69. The van der Waals surface area contributed by atoms with Crippen molar-refractivity contribution in [2.75, 3.05) is 19.7 Å². The van der Waals surface area contributed by atoms with Crippen molar-refractivity contribution in [3.63, 3.8) is 0 Å². The number of fused-ring (bicyclic) bond motifs is 1. The largest absolute Gasteiger partial charge is 0.367 e. The Hall–Kier alpha value is -2.47. The fourth-order valence-electron chi connectivity index (χ4n) is 2.65. The second-order valence-electron chi connectivity index (χ2n) is 5.55. The van der Waals surface area contributed by atoms with Gasteiger partial charge in [-0.25, -0.2) is 0 Å². The number of aromatic nitrogens is 1. The van der Waals surface area contributed by atoms with Crippen LogP contribution in [0.25, 0.3) is 10.9 Å². The van der Waals surface area contributed by atoms with Crippen molar-refractivity contribution in [3.05, 3.63) is 42.1 Å². The quantitative estimate of drug-likeness (QED) is 0.894. The third kappa shape index (κ3) is 2.42. The first kappa shape index (κ1) is 14.5. The minimum atomic E-state index is -1.14. The van der Waals surface area contributed by atoms with E-state index in [0.717, 1.165) is 10.9 Å². The fourth-order valence-corrected chi connectivity index (χ4v) is 2.65. The maximum absolute atomic E-state index is 12.8. The van der Waals surface area contributed by atoms with E-state index in [-0.39, 0.29) is 19.1 Å². The molecule has 114 valence electrons. The van der Waals surface area contributed by atoms with Crippen molar-refractivity contribution in [1.29, 1.82) is 0 Å². The molecule has 1 aliphatic heterocycles. The molecule has 0 aliphatic carbocycles. The molecule has 0 radical (unpaired) electrons. The van der Waals surface area contributed by atoms with Gasteiger partial charge in [0.1, 0.15) is 0 Å². The molecule has 1 fully saturated rings. The van der Waals surface area contributed by atoms with E-state index in [2.05, 4.69) is 4.98 Å². The summed E-state index contributed by atoms with van der Waals surface area (Å²) in [5.74, 6) is -0.709. The van der Waals surface area contributed by atoms with Gasteiger partial charge in [-0.15, -0.1) is 0 Å². The number of rotatable bonds is 2. The van der Waals surface area contributed by atoms with E-state index >= 15 is 0 Å². The number of morpholine rings is 1. The highest BCUT2D eigenvalue weighted by Crippen LogP contribution is 2.22. The second kappa shape index (κ2) is 5.38. The van der Waals surface area contributed by atoms with Gasteiger partial charge in [-0.05, 0) is 25.1 Å². The number of hydrogen-bond donors (Lipinski definition) is 1. The van der Waals surface area contributed by atoms with Gasteiger partial charge in [-0.3, -0.25) is 14.6 Å². The fraction of sp³-hybridized carbons (Fsp3) is 0.312. The SMILES string of the molecule is CC1(C(N)=O)CN(C(=O)c2cccc3ncccc23)CCO1. The zero-order valence-corrected chi connectivity index (χ0v) is 12.3. The summed E-state index contributed by atoms with van der Waals surface area (Å²) >= 11 is 0. The molecule has 0 spiro atoms. The number of nitrogens with zero attached hydrogens (tertiary/aromatic N) is 2. The number of nitrogens with two attached hydrogens (primary N) is 1. The predicted molar refractivity (Wildman–Crippen MR) is 81.2 cm³/mol. The molecule has 2 N–H and O–H groups in total. The summed E-state index contributed by atoms with van der Waals surface area (Å²) in [6.45, 7) is 2.48. The molecule has 1 atom stereocenters. The number of primary amides is 1. The van der Waals surface area contributed by atoms with Crippen LogP contribution in [-0.2, 0) is 9.53 Å². The average Bonchev–Trinajstić information content (AvgIpc) is 2.53. The molecule has 1 aromatic carbocycles. The second-order valence-corrected chi connectivity index (χ2v) is 5.55. The molecule has 0 saturated carbocycles. The van der Waals surface area contributed by atoms with E-state index in [4.69, 9.17) is 10.5 Å². The maximum Gasteiger partial charge on any atom is 0.254 e. The van der Waals surface area contributed by atoms with Crippen LogP contribution in [0, 0.1) is 0 Å². The van der Waals surface area contributed by atoms with Crippen LogP contribution in [0.4, 0.5) is 0 Å². The third-order valence-electron chi connectivity index (χ3n) is 3.96. The van der Waals surface area contributed by atoms with Crippen LogP contribution in [0.3, 0.4) is 0 Å². The Balaban J connectivity index is 1.94. The van der Waals surface area contributed by atoms with E-state index in [0.29, 0.717) is 12.1 Å². The number of pyridine rings is 1. The minimum absolute atomic E-state index is 0.144. The first-order chi connectivity index (χ1) is 10.5. The molecule has 3 rings (SSSR count). The molecule has 22 heavy (non-hydrogen) atoms. The lowest BCUT2D eigenvalue weighted by Gasteiger charge is -2.38. The Kier molecular flexibility index (Phi) is 3.54. The van der Waals surface area contributed by atoms with Crippen molar-refractivity contribution < 1.29 is 14.3 Å². The zero-order valence-electron chi connectivity index (χ0n) is 12.3. The summed E-state index contributed by atoms with van der Waals surface area (Å²) in [4.78, 5) is 30.2.